The van der Waals surface area contributed by atoms with Crippen molar-refractivity contribution in [1.82, 2.24) is 9.97 Å². The van der Waals surface area contributed by atoms with E-state index in [9.17, 15) is 4.79 Å². The third kappa shape index (κ3) is 3.17. The average molecular weight is 421 g/mol. The number of anilines is 1. The summed E-state index contributed by atoms with van der Waals surface area (Å²) in [7, 11) is 0. The van der Waals surface area contributed by atoms with Crippen LogP contribution in [0, 0.1) is 10.5 Å². The molecule has 3 rings (SSSR count). The lowest BCUT2D eigenvalue weighted by atomic mass is 10.2. The molecule has 22 heavy (non-hydrogen) atoms. The van der Waals surface area contributed by atoms with Gasteiger partial charge in [0.15, 0.2) is 5.13 Å². The number of halogens is 1. The highest BCUT2D eigenvalue weighted by Gasteiger charge is 2.15. The summed E-state index contributed by atoms with van der Waals surface area (Å²) in [6, 6.07) is 13.2. The van der Waals surface area contributed by atoms with Crippen LogP contribution in [0.4, 0.5) is 5.13 Å². The molecule has 0 spiro atoms. The van der Waals surface area contributed by atoms with E-state index in [4.69, 9.17) is 0 Å². The van der Waals surface area contributed by atoms with E-state index in [0.29, 0.717) is 10.7 Å². The van der Waals surface area contributed by atoms with Crippen LogP contribution < -0.4 is 5.32 Å². The number of carbonyl (C=O) groups excluding carboxylic acids is 1. The zero-order chi connectivity index (χ0) is 15.5. The molecule has 0 bridgehead atoms. The number of rotatable bonds is 3. The molecule has 110 valence electrons. The smallest absolute Gasteiger partial charge is 0.258 e. The van der Waals surface area contributed by atoms with Crippen LogP contribution in [0.3, 0.4) is 0 Å². The fourth-order valence-corrected chi connectivity index (χ4v) is 3.57. The van der Waals surface area contributed by atoms with Gasteiger partial charge in [-0.1, -0.05) is 29.5 Å². The van der Waals surface area contributed by atoms with Crippen LogP contribution in [0.25, 0.3) is 10.6 Å². The largest absolute Gasteiger partial charge is 0.298 e. The molecule has 1 aromatic carbocycles. The van der Waals surface area contributed by atoms with Crippen molar-refractivity contribution < 1.29 is 4.79 Å². The van der Waals surface area contributed by atoms with Crippen LogP contribution in [0.1, 0.15) is 16.1 Å². The molecule has 1 N–H and O–H groups in total. The molecule has 0 fully saturated rings. The number of aromatic nitrogens is 2. The number of carbonyl (C=O) groups is 1. The summed E-state index contributed by atoms with van der Waals surface area (Å²) >= 11 is 3.59. The molecule has 3 aromatic rings. The van der Waals surface area contributed by atoms with E-state index in [0.717, 1.165) is 19.8 Å². The van der Waals surface area contributed by atoms with Gasteiger partial charge in [-0.3, -0.25) is 15.1 Å². The Morgan fingerprint density at radius 1 is 1.18 bits per heavy atom. The molecule has 1 amide bonds. The lowest BCUT2D eigenvalue weighted by molar-refractivity contribution is 0.102. The quantitative estimate of drug-likeness (QED) is 0.640. The third-order valence-corrected chi connectivity index (χ3v) is 5.07. The van der Waals surface area contributed by atoms with E-state index < -0.39 is 0 Å². The molecule has 0 saturated heterocycles. The standard InChI is InChI=1S/C16H12IN3OS/c1-10-14(13-8-4-5-9-18-13)22-16(19-10)20-15(21)11-6-2-3-7-12(11)17/h2-9H,1H3,(H,19,20,21). The second kappa shape index (κ2) is 6.53. The number of thiazole rings is 1. The highest BCUT2D eigenvalue weighted by Crippen LogP contribution is 2.31. The molecule has 2 aromatic heterocycles. The van der Waals surface area contributed by atoms with Crippen molar-refractivity contribution in [3.05, 3.63) is 63.5 Å². The summed E-state index contributed by atoms with van der Waals surface area (Å²) in [5, 5.41) is 3.45. The number of aryl methyl sites for hydroxylation is 1. The van der Waals surface area contributed by atoms with Gasteiger partial charge in [0, 0.05) is 9.77 Å². The number of pyridine rings is 1. The predicted molar refractivity (Wildman–Crippen MR) is 97.2 cm³/mol. The second-order valence-corrected chi connectivity index (χ2v) is 6.74. The lowest BCUT2D eigenvalue weighted by Gasteiger charge is -2.03. The van der Waals surface area contributed by atoms with Crippen molar-refractivity contribution >= 4 is 45.0 Å². The van der Waals surface area contributed by atoms with Crippen LogP contribution in [-0.2, 0) is 0 Å². The first-order valence-electron chi connectivity index (χ1n) is 6.60. The Balaban J connectivity index is 1.86. The highest BCUT2D eigenvalue weighted by molar-refractivity contribution is 14.1. The summed E-state index contributed by atoms with van der Waals surface area (Å²) in [5.41, 5.74) is 2.38. The Labute approximate surface area is 145 Å². The molecule has 0 atom stereocenters. The SMILES string of the molecule is Cc1nc(NC(=O)c2ccccc2I)sc1-c1ccccn1. The topological polar surface area (TPSA) is 54.9 Å². The van der Waals surface area contributed by atoms with Crippen molar-refractivity contribution in [3.63, 3.8) is 0 Å². The first-order chi connectivity index (χ1) is 10.6. The fourth-order valence-electron chi connectivity index (χ4n) is 1.99. The summed E-state index contributed by atoms with van der Waals surface area (Å²) in [5.74, 6) is -0.147. The van der Waals surface area contributed by atoms with Crippen molar-refractivity contribution in [2.24, 2.45) is 0 Å². The molecule has 6 heteroatoms. The van der Waals surface area contributed by atoms with Gasteiger partial charge in [0.1, 0.15) is 0 Å². The van der Waals surface area contributed by atoms with Gasteiger partial charge in [-0.15, -0.1) is 0 Å². The van der Waals surface area contributed by atoms with Crippen molar-refractivity contribution in [3.8, 4) is 10.6 Å². The monoisotopic (exact) mass is 421 g/mol. The number of hydrogen-bond donors (Lipinski definition) is 1. The van der Waals surface area contributed by atoms with Gasteiger partial charge in [-0.2, -0.15) is 0 Å². The molecule has 0 unspecified atom stereocenters. The molecule has 0 radical (unpaired) electrons. The number of nitrogens with zero attached hydrogens (tertiary/aromatic N) is 2. The van der Waals surface area contributed by atoms with Gasteiger partial charge in [0.2, 0.25) is 0 Å². The van der Waals surface area contributed by atoms with Crippen molar-refractivity contribution in [2.45, 2.75) is 6.92 Å². The zero-order valence-corrected chi connectivity index (χ0v) is 14.7. The molecule has 0 saturated carbocycles. The number of benzene rings is 1. The molecular weight excluding hydrogens is 409 g/mol. The third-order valence-electron chi connectivity index (χ3n) is 3.03. The molecule has 0 aliphatic carbocycles. The predicted octanol–water partition coefficient (Wildman–Crippen LogP) is 4.37. The minimum absolute atomic E-state index is 0.147. The van der Waals surface area contributed by atoms with Gasteiger partial charge in [0.25, 0.3) is 5.91 Å². The maximum absolute atomic E-state index is 12.3. The van der Waals surface area contributed by atoms with Gasteiger partial charge in [0.05, 0.1) is 21.8 Å². The Morgan fingerprint density at radius 3 is 2.68 bits per heavy atom. The van der Waals surface area contributed by atoms with Crippen molar-refractivity contribution in [1.29, 1.82) is 0 Å². The van der Waals surface area contributed by atoms with E-state index in [1.165, 1.54) is 11.3 Å². The first-order valence-corrected chi connectivity index (χ1v) is 8.49. The van der Waals surface area contributed by atoms with Gasteiger partial charge in [-0.05, 0) is 53.8 Å². The maximum Gasteiger partial charge on any atom is 0.258 e. The Morgan fingerprint density at radius 2 is 1.95 bits per heavy atom. The molecule has 4 nitrogen and oxygen atoms in total. The molecule has 0 aliphatic rings. The molecule has 0 aliphatic heterocycles. The van der Waals surface area contributed by atoms with Gasteiger partial charge < -0.3 is 0 Å². The molecule has 2 heterocycles. The average Bonchev–Trinajstić information content (AvgIpc) is 2.89. The Hall–Kier alpha value is -1.80. The number of amides is 1. The Kier molecular flexibility index (Phi) is 4.49. The number of hydrogen-bond acceptors (Lipinski definition) is 4. The molecular formula is C16H12IN3OS. The minimum atomic E-state index is -0.147. The van der Waals surface area contributed by atoms with Crippen LogP contribution in [0.2, 0.25) is 0 Å². The maximum atomic E-state index is 12.3. The van der Waals surface area contributed by atoms with E-state index >= 15 is 0 Å². The Bertz CT molecular complexity index is 817. The van der Waals surface area contributed by atoms with E-state index in [2.05, 4.69) is 37.9 Å². The second-order valence-electron chi connectivity index (χ2n) is 4.58. The summed E-state index contributed by atoms with van der Waals surface area (Å²) in [6.07, 6.45) is 1.75. The van der Waals surface area contributed by atoms with Crippen LogP contribution in [0.15, 0.2) is 48.7 Å². The van der Waals surface area contributed by atoms with E-state index in [1.54, 1.807) is 12.3 Å². The van der Waals surface area contributed by atoms with E-state index in [-0.39, 0.29) is 5.91 Å². The van der Waals surface area contributed by atoms with Crippen molar-refractivity contribution in [2.75, 3.05) is 5.32 Å². The normalized spacial score (nSPS) is 10.5. The highest BCUT2D eigenvalue weighted by atomic mass is 127. The summed E-state index contributed by atoms with van der Waals surface area (Å²) in [4.78, 5) is 22.1. The summed E-state index contributed by atoms with van der Waals surface area (Å²) < 4.78 is 0.913. The number of nitrogens with one attached hydrogen (secondary N) is 1. The van der Waals surface area contributed by atoms with Gasteiger partial charge >= 0.3 is 0 Å². The fraction of sp³-hybridized carbons (Fsp3) is 0.0625. The van der Waals surface area contributed by atoms with Gasteiger partial charge in [-0.25, -0.2) is 4.98 Å². The lowest BCUT2D eigenvalue weighted by Crippen LogP contribution is -2.13. The van der Waals surface area contributed by atoms with E-state index in [1.807, 2.05) is 43.3 Å². The summed E-state index contributed by atoms with van der Waals surface area (Å²) in [6.45, 7) is 1.92. The minimum Gasteiger partial charge on any atom is -0.298 e. The van der Waals surface area contributed by atoms with Crippen LogP contribution >= 0.6 is 33.9 Å². The van der Waals surface area contributed by atoms with Crippen LogP contribution in [-0.4, -0.2) is 15.9 Å². The zero-order valence-electron chi connectivity index (χ0n) is 11.7. The first kappa shape index (κ1) is 15.1. The van der Waals surface area contributed by atoms with Crippen LogP contribution in [0.5, 0.6) is 0 Å².